The Kier molecular flexibility index (Phi) is 5.00. The summed E-state index contributed by atoms with van der Waals surface area (Å²) in [5.74, 6) is 0.348. The lowest BCUT2D eigenvalue weighted by Gasteiger charge is -2.06. The molecule has 0 aliphatic heterocycles. The minimum Gasteiger partial charge on any atom is -0.482 e. The van der Waals surface area contributed by atoms with Gasteiger partial charge in [0.1, 0.15) is 5.75 Å². The van der Waals surface area contributed by atoms with Crippen molar-refractivity contribution in [1.82, 2.24) is 10.2 Å². The molecule has 0 unspecified atom stereocenters. The number of hydrogen-bond acceptors (Lipinski definition) is 5. The van der Waals surface area contributed by atoms with Crippen molar-refractivity contribution >= 4 is 23.5 Å². The number of benzene rings is 2. The van der Waals surface area contributed by atoms with Crippen molar-refractivity contribution in [2.45, 2.75) is 13.8 Å². The standard InChI is InChI=1S/C18H16ClN3O3/c1-11-7-8-13(9-12(11)2)17-21-22-18(25-17)20-16(23)10-24-15-6-4-3-5-14(15)19/h3-9H,10H2,1-2H3,(H,20,22,23). The molecule has 2 aromatic carbocycles. The molecule has 0 saturated carbocycles. The average Bonchev–Trinajstić information content (AvgIpc) is 3.05. The van der Waals surface area contributed by atoms with Gasteiger partial charge < -0.3 is 9.15 Å². The number of hydrogen-bond donors (Lipinski definition) is 1. The van der Waals surface area contributed by atoms with Crippen LogP contribution in [0.4, 0.5) is 6.01 Å². The Hall–Kier alpha value is -2.86. The second kappa shape index (κ2) is 7.36. The van der Waals surface area contributed by atoms with E-state index in [1.807, 2.05) is 32.0 Å². The molecule has 6 nitrogen and oxygen atoms in total. The van der Waals surface area contributed by atoms with Crippen molar-refractivity contribution < 1.29 is 13.9 Å². The molecule has 1 aromatic heterocycles. The Bertz CT molecular complexity index is 908. The third-order valence-corrected chi connectivity index (χ3v) is 3.93. The van der Waals surface area contributed by atoms with Gasteiger partial charge in [0.2, 0.25) is 5.89 Å². The number of para-hydroxylation sites is 1. The Labute approximate surface area is 149 Å². The molecule has 128 valence electrons. The second-order valence-corrected chi connectivity index (χ2v) is 5.89. The number of ether oxygens (including phenoxy) is 1. The Balaban J connectivity index is 1.62. The maximum absolute atomic E-state index is 11.9. The van der Waals surface area contributed by atoms with Gasteiger partial charge in [0, 0.05) is 5.56 Å². The number of amides is 1. The number of anilines is 1. The van der Waals surface area contributed by atoms with E-state index in [0.29, 0.717) is 16.7 Å². The summed E-state index contributed by atoms with van der Waals surface area (Å²) < 4.78 is 10.8. The lowest BCUT2D eigenvalue weighted by molar-refractivity contribution is -0.118. The summed E-state index contributed by atoms with van der Waals surface area (Å²) in [7, 11) is 0. The van der Waals surface area contributed by atoms with Gasteiger partial charge in [0.25, 0.3) is 5.91 Å². The molecular formula is C18H16ClN3O3. The van der Waals surface area contributed by atoms with Crippen LogP contribution in [0.15, 0.2) is 46.9 Å². The lowest BCUT2D eigenvalue weighted by Crippen LogP contribution is -2.20. The highest BCUT2D eigenvalue weighted by Gasteiger charge is 2.13. The summed E-state index contributed by atoms with van der Waals surface area (Å²) in [5, 5.41) is 10.7. The van der Waals surface area contributed by atoms with Crippen LogP contribution < -0.4 is 10.1 Å². The summed E-state index contributed by atoms with van der Waals surface area (Å²) in [6.45, 7) is 3.81. The number of aromatic nitrogens is 2. The number of rotatable bonds is 5. The Morgan fingerprint density at radius 1 is 1.16 bits per heavy atom. The zero-order valence-electron chi connectivity index (χ0n) is 13.7. The number of nitrogens with one attached hydrogen (secondary N) is 1. The largest absolute Gasteiger partial charge is 0.482 e. The van der Waals surface area contributed by atoms with Crippen molar-refractivity contribution in [2.75, 3.05) is 11.9 Å². The van der Waals surface area contributed by atoms with Crippen LogP contribution in [0.25, 0.3) is 11.5 Å². The molecule has 0 aliphatic rings. The third-order valence-electron chi connectivity index (χ3n) is 3.62. The van der Waals surface area contributed by atoms with E-state index in [2.05, 4.69) is 15.5 Å². The molecule has 3 rings (SSSR count). The summed E-state index contributed by atoms with van der Waals surface area (Å²) in [6, 6.07) is 12.8. The van der Waals surface area contributed by atoms with E-state index in [-0.39, 0.29) is 12.6 Å². The third kappa shape index (κ3) is 4.16. The average molecular weight is 358 g/mol. The minimum absolute atomic E-state index is 0.0148. The predicted molar refractivity (Wildman–Crippen MR) is 94.8 cm³/mol. The summed E-state index contributed by atoms with van der Waals surface area (Å²) in [4.78, 5) is 11.9. The maximum atomic E-state index is 11.9. The van der Waals surface area contributed by atoms with Crippen molar-refractivity contribution in [3.8, 4) is 17.2 Å². The van der Waals surface area contributed by atoms with E-state index in [0.717, 1.165) is 11.1 Å². The number of nitrogens with zero attached hydrogens (tertiary/aromatic N) is 2. The fourth-order valence-electron chi connectivity index (χ4n) is 2.13. The highest BCUT2D eigenvalue weighted by molar-refractivity contribution is 6.32. The molecular weight excluding hydrogens is 342 g/mol. The van der Waals surface area contributed by atoms with E-state index in [1.54, 1.807) is 24.3 Å². The number of carbonyl (C=O) groups is 1. The Morgan fingerprint density at radius 3 is 2.72 bits per heavy atom. The van der Waals surface area contributed by atoms with Gasteiger partial charge in [0.15, 0.2) is 6.61 Å². The molecule has 0 spiro atoms. The topological polar surface area (TPSA) is 77.2 Å². The van der Waals surface area contributed by atoms with E-state index in [1.165, 1.54) is 5.56 Å². The van der Waals surface area contributed by atoms with Crippen molar-refractivity contribution in [1.29, 1.82) is 0 Å². The first-order valence-corrected chi connectivity index (χ1v) is 7.99. The van der Waals surface area contributed by atoms with Crippen molar-refractivity contribution in [3.63, 3.8) is 0 Å². The maximum Gasteiger partial charge on any atom is 0.322 e. The molecule has 1 amide bonds. The monoisotopic (exact) mass is 357 g/mol. The summed E-state index contributed by atoms with van der Waals surface area (Å²) >= 11 is 5.97. The smallest absolute Gasteiger partial charge is 0.322 e. The molecule has 1 heterocycles. The molecule has 25 heavy (non-hydrogen) atoms. The van der Waals surface area contributed by atoms with Crippen LogP contribution in [0, 0.1) is 13.8 Å². The number of carbonyl (C=O) groups excluding carboxylic acids is 1. The van der Waals surface area contributed by atoms with Crippen molar-refractivity contribution in [3.05, 3.63) is 58.6 Å². The summed E-state index contributed by atoms with van der Waals surface area (Å²) in [5.41, 5.74) is 3.09. The fourth-order valence-corrected chi connectivity index (χ4v) is 2.32. The van der Waals surface area contributed by atoms with Gasteiger partial charge in [-0.3, -0.25) is 10.1 Å². The molecule has 0 aliphatic carbocycles. The van der Waals surface area contributed by atoms with E-state index in [9.17, 15) is 4.79 Å². The Morgan fingerprint density at radius 2 is 1.96 bits per heavy atom. The van der Waals surface area contributed by atoms with E-state index >= 15 is 0 Å². The van der Waals surface area contributed by atoms with Crippen LogP contribution in [0.1, 0.15) is 11.1 Å². The highest BCUT2D eigenvalue weighted by Crippen LogP contribution is 2.24. The van der Waals surface area contributed by atoms with Crippen LogP contribution in [-0.4, -0.2) is 22.7 Å². The second-order valence-electron chi connectivity index (χ2n) is 5.48. The molecule has 3 aromatic rings. The van der Waals surface area contributed by atoms with Crippen LogP contribution in [0.5, 0.6) is 5.75 Å². The van der Waals surface area contributed by atoms with Crippen LogP contribution >= 0.6 is 11.6 Å². The molecule has 0 fully saturated rings. The van der Waals surface area contributed by atoms with Gasteiger partial charge in [-0.1, -0.05) is 34.9 Å². The molecule has 7 heteroatoms. The molecule has 0 radical (unpaired) electrons. The van der Waals surface area contributed by atoms with Gasteiger partial charge >= 0.3 is 6.01 Å². The quantitative estimate of drug-likeness (QED) is 0.746. The molecule has 0 saturated heterocycles. The normalized spacial score (nSPS) is 10.5. The van der Waals surface area contributed by atoms with Gasteiger partial charge in [-0.25, -0.2) is 0 Å². The molecule has 0 bridgehead atoms. The summed E-state index contributed by atoms with van der Waals surface area (Å²) in [6.07, 6.45) is 0. The first kappa shape index (κ1) is 17.0. The minimum atomic E-state index is -0.421. The zero-order chi connectivity index (χ0) is 17.8. The molecule has 0 atom stereocenters. The van der Waals surface area contributed by atoms with Gasteiger partial charge in [0.05, 0.1) is 5.02 Å². The predicted octanol–water partition coefficient (Wildman–Crippen LogP) is 4.02. The van der Waals surface area contributed by atoms with E-state index < -0.39 is 5.91 Å². The van der Waals surface area contributed by atoms with Gasteiger partial charge in [-0.05, 0) is 49.2 Å². The first-order valence-electron chi connectivity index (χ1n) is 7.61. The van der Waals surface area contributed by atoms with Crippen LogP contribution in [0.3, 0.4) is 0 Å². The lowest BCUT2D eigenvalue weighted by atomic mass is 10.1. The van der Waals surface area contributed by atoms with E-state index in [4.69, 9.17) is 20.8 Å². The SMILES string of the molecule is Cc1ccc(-c2nnc(NC(=O)COc3ccccc3Cl)o2)cc1C. The first-order chi connectivity index (χ1) is 12.0. The van der Waals surface area contributed by atoms with Crippen LogP contribution in [-0.2, 0) is 4.79 Å². The number of halogens is 1. The highest BCUT2D eigenvalue weighted by atomic mass is 35.5. The van der Waals surface area contributed by atoms with Crippen molar-refractivity contribution in [2.24, 2.45) is 0 Å². The number of aryl methyl sites for hydroxylation is 2. The zero-order valence-corrected chi connectivity index (χ0v) is 14.5. The fraction of sp³-hybridized carbons (Fsp3) is 0.167. The van der Waals surface area contributed by atoms with Gasteiger partial charge in [-0.15, -0.1) is 5.10 Å². The van der Waals surface area contributed by atoms with Gasteiger partial charge in [-0.2, -0.15) is 0 Å². The van der Waals surface area contributed by atoms with Crippen LogP contribution in [0.2, 0.25) is 5.02 Å². The molecule has 1 N–H and O–H groups in total.